The van der Waals surface area contributed by atoms with Crippen molar-refractivity contribution in [2.24, 2.45) is 5.92 Å². The summed E-state index contributed by atoms with van der Waals surface area (Å²) in [4.78, 5) is 19.9. The maximum absolute atomic E-state index is 12.3. The maximum atomic E-state index is 12.3. The van der Waals surface area contributed by atoms with Crippen LogP contribution in [0.15, 0.2) is 42.7 Å². The minimum atomic E-state index is -0.0807. The van der Waals surface area contributed by atoms with Crippen molar-refractivity contribution in [3.8, 4) is 0 Å². The Morgan fingerprint density at radius 1 is 1.27 bits per heavy atom. The molecule has 1 fully saturated rings. The lowest BCUT2D eigenvalue weighted by Crippen LogP contribution is -2.25. The van der Waals surface area contributed by atoms with Crippen molar-refractivity contribution in [3.05, 3.63) is 59.4 Å². The van der Waals surface area contributed by atoms with Gasteiger partial charge in [-0.05, 0) is 61.4 Å². The van der Waals surface area contributed by atoms with E-state index in [0.717, 1.165) is 30.2 Å². The molecule has 2 heterocycles. The zero-order chi connectivity index (χ0) is 17.9. The Morgan fingerprint density at radius 2 is 2.15 bits per heavy atom. The third-order valence-electron chi connectivity index (χ3n) is 4.97. The number of H-pyrrole nitrogens is 1. The average molecular weight is 348 g/mol. The number of hydrogen-bond acceptors (Lipinski definition) is 3. The molecule has 2 aromatic heterocycles. The molecule has 3 N–H and O–H groups in total. The Labute approximate surface area is 153 Å². The second-order valence-electron chi connectivity index (χ2n) is 7.07. The molecule has 134 valence electrons. The second kappa shape index (κ2) is 7.20. The topological polar surface area (TPSA) is 69.8 Å². The van der Waals surface area contributed by atoms with E-state index in [-0.39, 0.29) is 5.91 Å². The smallest absolute Gasteiger partial charge is 0.252 e. The normalized spacial score (nSPS) is 13.7. The number of aryl methyl sites for hydroxylation is 1. The molecule has 1 amide bonds. The van der Waals surface area contributed by atoms with E-state index in [1.165, 1.54) is 29.4 Å². The van der Waals surface area contributed by atoms with E-state index in [4.69, 9.17) is 0 Å². The fourth-order valence-corrected chi connectivity index (χ4v) is 3.26. The molecule has 0 spiro atoms. The van der Waals surface area contributed by atoms with Crippen molar-refractivity contribution in [1.29, 1.82) is 0 Å². The predicted molar refractivity (Wildman–Crippen MR) is 105 cm³/mol. The minimum Gasteiger partial charge on any atom is -0.370 e. The first-order valence-corrected chi connectivity index (χ1v) is 9.24. The van der Waals surface area contributed by atoms with Crippen LogP contribution in [0, 0.1) is 12.8 Å². The van der Waals surface area contributed by atoms with Gasteiger partial charge in [0, 0.05) is 36.4 Å². The Kier molecular flexibility index (Phi) is 4.61. The molecule has 0 saturated heterocycles. The molecule has 0 bridgehead atoms. The Bertz CT molecular complexity index is 909. The van der Waals surface area contributed by atoms with Gasteiger partial charge in [0.2, 0.25) is 0 Å². The molecule has 1 aliphatic carbocycles. The molecular weight excluding hydrogens is 324 g/mol. The van der Waals surface area contributed by atoms with Crippen molar-refractivity contribution in [2.45, 2.75) is 26.2 Å². The fraction of sp³-hybridized carbons (Fsp3) is 0.333. The van der Waals surface area contributed by atoms with Crippen LogP contribution in [-0.4, -0.2) is 29.0 Å². The summed E-state index contributed by atoms with van der Waals surface area (Å²) in [5.41, 5.74) is 4.22. The molecule has 0 aliphatic heterocycles. The zero-order valence-electron chi connectivity index (χ0n) is 15.0. The van der Waals surface area contributed by atoms with Gasteiger partial charge in [0.05, 0.1) is 5.56 Å². The van der Waals surface area contributed by atoms with Gasteiger partial charge in [-0.2, -0.15) is 0 Å². The molecule has 1 aliphatic rings. The summed E-state index contributed by atoms with van der Waals surface area (Å²) < 4.78 is 0. The zero-order valence-corrected chi connectivity index (χ0v) is 15.0. The summed E-state index contributed by atoms with van der Waals surface area (Å²) >= 11 is 0. The first-order chi connectivity index (χ1) is 12.7. The molecule has 3 aromatic rings. The number of aromatic nitrogens is 2. The molecule has 0 radical (unpaired) electrons. The summed E-state index contributed by atoms with van der Waals surface area (Å²) in [7, 11) is 0. The van der Waals surface area contributed by atoms with Crippen molar-refractivity contribution in [2.75, 3.05) is 18.4 Å². The standard InChI is InChI=1S/C21H24N4O/c1-14-3-2-4-18-20(14)16(12-23-18)9-10-22-21(26)17-7-8-19(25-13-17)24-11-15-5-6-15/h2-4,7-8,12-13,15,23H,5-6,9-11H2,1H3,(H,22,26)(H,24,25). The number of fused-ring (bicyclic) bond motifs is 1. The molecule has 26 heavy (non-hydrogen) atoms. The second-order valence-corrected chi connectivity index (χ2v) is 7.07. The summed E-state index contributed by atoms with van der Waals surface area (Å²) in [6.45, 7) is 3.69. The summed E-state index contributed by atoms with van der Waals surface area (Å²) in [6, 6.07) is 9.95. The van der Waals surface area contributed by atoms with E-state index in [2.05, 4.69) is 45.7 Å². The average Bonchev–Trinajstić information content (AvgIpc) is 3.40. The monoisotopic (exact) mass is 348 g/mol. The quantitative estimate of drug-likeness (QED) is 0.610. The van der Waals surface area contributed by atoms with E-state index in [1.54, 1.807) is 6.20 Å². The highest BCUT2D eigenvalue weighted by atomic mass is 16.1. The van der Waals surface area contributed by atoms with Crippen molar-refractivity contribution in [1.82, 2.24) is 15.3 Å². The van der Waals surface area contributed by atoms with Gasteiger partial charge < -0.3 is 15.6 Å². The molecule has 1 aromatic carbocycles. The largest absolute Gasteiger partial charge is 0.370 e. The van der Waals surface area contributed by atoms with Crippen LogP contribution in [0.4, 0.5) is 5.82 Å². The number of amides is 1. The number of carbonyl (C=O) groups is 1. The predicted octanol–water partition coefficient (Wildman–Crippen LogP) is 3.67. The van der Waals surface area contributed by atoms with Crippen LogP contribution in [0.3, 0.4) is 0 Å². The van der Waals surface area contributed by atoms with Gasteiger partial charge >= 0.3 is 0 Å². The van der Waals surface area contributed by atoms with Crippen LogP contribution in [0.1, 0.15) is 34.3 Å². The Balaban J connectivity index is 1.31. The fourth-order valence-electron chi connectivity index (χ4n) is 3.26. The number of benzene rings is 1. The van der Waals surface area contributed by atoms with Crippen molar-refractivity contribution in [3.63, 3.8) is 0 Å². The van der Waals surface area contributed by atoms with E-state index in [1.807, 2.05) is 18.3 Å². The van der Waals surface area contributed by atoms with Gasteiger partial charge in [-0.3, -0.25) is 4.79 Å². The van der Waals surface area contributed by atoms with Crippen LogP contribution in [-0.2, 0) is 6.42 Å². The minimum absolute atomic E-state index is 0.0807. The number of pyridine rings is 1. The maximum Gasteiger partial charge on any atom is 0.252 e. The number of anilines is 1. The molecule has 0 atom stereocenters. The number of nitrogens with zero attached hydrogens (tertiary/aromatic N) is 1. The van der Waals surface area contributed by atoms with Crippen LogP contribution < -0.4 is 10.6 Å². The van der Waals surface area contributed by atoms with Crippen LogP contribution in [0.5, 0.6) is 0 Å². The molecular formula is C21H24N4O. The van der Waals surface area contributed by atoms with Gasteiger partial charge in [0.15, 0.2) is 0 Å². The third-order valence-corrected chi connectivity index (χ3v) is 4.97. The SMILES string of the molecule is Cc1cccc2[nH]cc(CCNC(=O)c3ccc(NCC4CC4)nc3)c12. The highest BCUT2D eigenvalue weighted by Crippen LogP contribution is 2.28. The molecule has 5 heteroatoms. The van der Waals surface area contributed by atoms with E-state index in [9.17, 15) is 4.79 Å². The lowest BCUT2D eigenvalue weighted by atomic mass is 10.1. The molecule has 1 saturated carbocycles. The van der Waals surface area contributed by atoms with Crippen LogP contribution in [0.2, 0.25) is 0 Å². The number of hydrogen-bond donors (Lipinski definition) is 3. The van der Waals surface area contributed by atoms with Gasteiger partial charge in [-0.15, -0.1) is 0 Å². The van der Waals surface area contributed by atoms with Gasteiger partial charge in [-0.1, -0.05) is 12.1 Å². The van der Waals surface area contributed by atoms with Crippen LogP contribution in [0.25, 0.3) is 10.9 Å². The first kappa shape index (κ1) is 16.6. The van der Waals surface area contributed by atoms with E-state index >= 15 is 0 Å². The lowest BCUT2D eigenvalue weighted by molar-refractivity contribution is 0.0954. The first-order valence-electron chi connectivity index (χ1n) is 9.24. The van der Waals surface area contributed by atoms with Gasteiger partial charge in [-0.25, -0.2) is 4.98 Å². The highest BCUT2D eigenvalue weighted by Gasteiger charge is 2.20. The summed E-state index contributed by atoms with van der Waals surface area (Å²) in [5.74, 6) is 1.55. The van der Waals surface area contributed by atoms with Crippen LogP contribution >= 0.6 is 0 Å². The number of nitrogens with one attached hydrogen (secondary N) is 3. The number of aromatic amines is 1. The highest BCUT2D eigenvalue weighted by molar-refractivity contribution is 5.94. The van der Waals surface area contributed by atoms with E-state index < -0.39 is 0 Å². The van der Waals surface area contributed by atoms with Gasteiger partial charge in [0.25, 0.3) is 5.91 Å². The number of rotatable bonds is 7. The van der Waals surface area contributed by atoms with Crippen molar-refractivity contribution < 1.29 is 4.79 Å². The molecule has 0 unspecified atom stereocenters. The van der Waals surface area contributed by atoms with E-state index in [0.29, 0.717) is 12.1 Å². The summed E-state index contributed by atoms with van der Waals surface area (Å²) in [6.07, 6.45) is 7.09. The van der Waals surface area contributed by atoms with Gasteiger partial charge in [0.1, 0.15) is 5.82 Å². The van der Waals surface area contributed by atoms with Crippen molar-refractivity contribution >= 4 is 22.6 Å². The Hall–Kier alpha value is -2.82. The lowest BCUT2D eigenvalue weighted by Gasteiger charge is -2.07. The molecule has 5 nitrogen and oxygen atoms in total. The number of carbonyl (C=O) groups excluding carboxylic acids is 1. The summed E-state index contributed by atoms with van der Waals surface area (Å²) in [5, 5.41) is 7.56. The molecule has 4 rings (SSSR count). The Morgan fingerprint density at radius 3 is 2.92 bits per heavy atom. The third kappa shape index (κ3) is 3.72.